The summed E-state index contributed by atoms with van der Waals surface area (Å²) in [6, 6.07) is 6.22. The molecule has 114 valence electrons. The van der Waals surface area contributed by atoms with Gasteiger partial charge in [-0.2, -0.15) is 0 Å². The molecule has 21 heavy (non-hydrogen) atoms. The maximum absolute atomic E-state index is 12.5. The van der Waals surface area contributed by atoms with Crippen molar-refractivity contribution in [1.82, 2.24) is 5.32 Å². The lowest BCUT2D eigenvalue weighted by molar-refractivity contribution is -0.123. The summed E-state index contributed by atoms with van der Waals surface area (Å²) < 4.78 is 0. The first-order chi connectivity index (χ1) is 10.2. The quantitative estimate of drug-likeness (QED) is 0.840. The summed E-state index contributed by atoms with van der Waals surface area (Å²) >= 11 is 0. The van der Waals surface area contributed by atoms with Crippen molar-refractivity contribution >= 4 is 17.3 Å². The summed E-state index contributed by atoms with van der Waals surface area (Å²) in [5.74, 6) is 0.150. The van der Waals surface area contributed by atoms with Crippen LogP contribution in [0.2, 0.25) is 0 Å². The number of amides is 1. The van der Waals surface area contributed by atoms with Crippen LogP contribution >= 0.6 is 0 Å². The lowest BCUT2D eigenvalue weighted by Crippen LogP contribution is -2.48. The maximum atomic E-state index is 12.5. The number of nitrogens with one attached hydrogen (secondary N) is 1. The summed E-state index contributed by atoms with van der Waals surface area (Å²) in [5.41, 5.74) is 9.19. The third-order valence-electron chi connectivity index (χ3n) is 4.90. The van der Waals surface area contributed by atoms with Crippen LogP contribution in [0.5, 0.6) is 0 Å². The molecular formula is C17H25N3O. The topological polar surface area (TPSA) is 58.4 Å². The van der Waals surface area contributed by atoms with E-state index < -0.39 is 0 Å². The molecule has 4 heteroatoms. The Balaban J connectivity index is 1.67. The standard InChI is InChI=1S/C17H25N3O/c1-12(17(21)19-13-6-3-2-4-7-13)20-11-10-14-15(18)8-5-9-16(14)20/h5,8-9,12-13H,2-4,6-7,10-11,18H2,1H3,(H,19,21). The molecule has 1 amide bonds. The molecule has 0 radical (unpaired) electrons. The van der Waals surface area contributed by atoms with Gasteiger partial charge in [0.25, 0.3) is 0 Å². The molecule has 0 aromatic heterocycles. The first kappa shape index (κ1) is 14.2. The van der Waals surface area contributed by atoms with Gasteiger partial charge in [-0.3, -0.25) is 4.79 Å². The summed E-state index contributed by atoms with van der Waals surface area (Å²) in [5, 5.41) is 3.23. The third kappa shape index (κ3) is 2.85. The fourth-order valence-corrected chi connectivity index (χ4v) is 3.60. The lowest BCUT2D eigenvalue weighted by Gasteiger charge is -2.30. The Hall–Kier alpha value is -1.71. The van der Waals surface area contributed by atoms with Gasteiger partial charge in [-0.1, -0.05) is 25.3 Å². The number of fused-ring (bicyclic) bond motifs is 1. The highest BCUT2D eigenvalue weighted by Crippen LogP contribution is 2.33. The van der Waals surface area contributed by atoms with Crippen molar-refractivity contribution in [2.24, 2.45) is 0 Å². The Morgan fingerprint density at radius 3 is 2.86 bits per heavy atom. The van der Waals surface area contributed by atoms with E-state index in [1.165, 1.54) is 24.8 Å². The van der Waals surface area contributed by atoms with Gasteiger partial charge in [0.05, 0.1) is 0 Å². The molecule has 1 aromatic carbocycles. The van der Waals surface area contributed by atoms with Gasteiger partial charge in [-0.05, 0) is 38.3 Å². The van der Waals surface area contributed by atoms with Crippen molar-refractivity contribution in [2.75, 3.05) is 17.2 Å². The zero-order valence-corrected chi connectivity index (χ0v) is 12.8. The average molecular weight is 287 g/mol. The lowest BCUT2D eigenvalue weighted by atomic mass is 9.95. The molecular weight excluding hydrogens is 262 g/mol. The predicted octanol–water partition coefficient (Wildman–Crippen LogP) is 2.47. The van der Waals surface area contributed by atoms with E-state index in [9.17, 15) is 4.79 Å². The zero-order valence-electron chi connectivity index (χ0n) is 12.8. The van der Waals surface area contributed by atoms with Crippen molar-refractivity contribution in [1.29, 1.82) is 0 Å². The van der Waals surface area contributed by atoms with E-state index in [0.29, 0.717) is 6.04 Å². The number of rotatable bonds is 3. The van der Waals surface area contributed by atoms with E-state index >= 15 is 0 Å². The summed E-state index contributed by atoms with van der Waals surface area (Å²) in [4.78, 5) is 14.7. The molecule has 1 atom stereocenters. The van der Waals surface area contributed by atoms with E-state index in [-0.39, 0.29) is 11.9 Å². The molecule has 1 aliphatic heterocycles. The molecule has 3 N–H and O–H groups in total. The van der Waals surface area contributed by atoms with Crippen LogP contribution in [0.3, 0.4) is 0 Å². The molecule has 1 unspecified atom stereocenters. The molecule has 1 saturated carbocycles. The van der Waals surface area contributed by atoms with Gasteiger partial charge >= 0.3 is 0 Å². The smallest absolute Gasteiger partial charge is 0.242 e. The molecule has 1 fully saturated rings. The fourth-order valence-electron chi connectivity index (χ4n) is 3.60. The highest BCUT2D eigenvalue weighted by atomic mass is 16.2. The molecule has 1 aromatic rings. The Morgan fingerprint density at radius 2 is 2.10 bits per heavy atom. The number of anilines is 2. The van der Waals surface area contributed by atoms with Crippen LogP contribution in [0.15, 0.2) is 18.2 Å². The summed E-state index contributed by atoms with van der Waals surface area (Å²) in [7, 11) is 0. The van der Waals surface area contributed by atoms with E-state index in [0.717, 1.165) is 37.2 Å². The fraction of sp³-hybridized carbons (Fsp3) is 0.588. The van der Waals surface area contributed by atoms with Gasteiger partial charge in [0.2, 0.25) is 5.91 Å². The van der Waals surface area contributed by atoms with Crippen molar-refractivity contribution in [3.63, 3.8) is 0 Å². The number of carbonyl (C=O) groups is 1. The summed E-state index contributed by atoms with van der Waals surface area (Å²) in [6.07, 6.45) is 6.97. The molecule has 1 aliphatic carbocycles. The van der Waals surface area contributed by atoms with Gasteiger partial charge in [-0.15, -0.1) is 0 Å². The second-order valence-electron chi connectivity index (χ2n) is 6.31. The number of hydrogen-bond donors (Lipinski definition) is 2. The van der Waals surface area contributed by atoms with Crippen molar-refractivity contribution < 1.29 is 4.79 Å². The SMILES string of the molecule is CC(C(=O)NC1CCCCC1)N1CCc2c(N)cccc21. The van der Waals surface area contributed by atoms with E-state index in [4.69, 9.17) is 5.73 Å². The van der Waals surface area contributed by atoms with Crippen LogP contribution in [-0.4, -0.2) is 24.5 Å². The van der Waals surface area contributed by atoms with Gasteiger partial charge in [0.15, 0.2) is 0 Å². The number of nitrogen functional groups attached to an aromatic ring is 1. The minimum Gasteiger partial charge on any atom is -0.398 e. The average Bonchev–Trinajstić information content (AvgIpc) is 2.93. The Labute approximate surface area is 126 Å². The van der Waals surface area contributed by atoms with Gasteiger partial charge in [-0.25, -0.2) is 0 Å². The van der Waals surface area contributed by atoms with Crippen LogP contribution in [0.1, 0.15) is 44.6 Å². The number of nitrogens with two attached hydrogens (primary N) is 1. The molecule has 1 heterocycles. The minimum atomic E-state index is -0.130. The normalized spacial score (nSPS) is 20.1. The van der Waals surface area contributed by atoms with Crippen LogP contribution < -0.4 is 16.0 Å². The Morgan fingerprint density at radius 1 is 1.33 bits per heavy atom. The van der Waals surface area contributed by atoms with Crippen molar-refractivity contribution in [3.05, 3.63) is 23.8 Å². The molecule has 2 aliphatic rings. The number of hydrogen-bond acceptors (Lipinski definition) is 3. The second kappa shape index (κ2) is 5.96. The largest absolute Gasteiger partial charge is 0.398 e. The first-order valence-corrected chi connectivity index (χ1v) is 8.11. The van der Waals surface area contributed by atoms with E-state index in [1.54, 1.807) is 0 Å². The van der Waals surface area contributed by atoms with Gasteiger partial charge in [0.1, 0.15) is 6.04 Å². The van der Waals surface area contributed by atoms with Gasteiger partial charge in [0, 0.05) is 29.5 Å². The van der Waals surface area contributed by atoms with Crippen LogP contribution in [0.4, 0.5) is 11.4 Å². The van der Waals surface area contributed by atoms with Crippen LogP contribution in [0.25, 0.3) is 0 Å². The number of benzene rings is 1. The first-order valence-electron chi connectivity index (χ1n) is 8.11. The maximum Gasteiger partial charge on any atom is 0.242 e. The molecule has 3 rings (SSSR count). The third-order valence-corrected chi connectivity index (χ3v) is 4.90. The monoisotopic (exact) mass is 287 g/mol. The molecule has 0 spiro atoms. The van der Waals surface area contributed by atoms with E-state index in [1.807, 2.05) is 19.1 Å². The van der Waals surface area contributed by atoms with Crippen LogP contribution in [0, 0.1) is 0 Å². The Bertz CT molecular complexity index is 523. The molecule has 0 bridgehead atoms. The van der Waals surface area contributed by atoms with Gasteiger partial charge < -0.3 is 16.0 Å². The predicted molar refractivity (Wildman–Crippen MR) is 86.4 cm³/mol. The van der Waals surface area contributed by atoms with Crippen molar-refractivity contribution in [3.8, 4) is 0 Å². The highest BCUT2D eigenvalue weighted by Gasteiger charge is 2.29. The zero-order chi connectivity index (χ0) is 14.8. The molecule has 0 saturated heterocycles. The highest BCUT2D eigenvalue weighted by molar-refractivity contribution is 5.86. The summed E-state index contributed by atoms with van der Waals surface area (Å²) in [6.45, 7) is 2.87. The van der Waals surface area contributed by atoms with Crippen LogP contribution in [-0.2, 0) is 11.2 Å². The second-order valence-corrected chi connectivity index (χ2v) is 6.31. The minimum absolute atomic E-state index is 0.130. The number of nitrogens with zero attached hydrogens (tertiary/aromatic N) is 1. The van der Waals surface area contributed by atoms with Crippen molar-refractivity contribution in [2.45, 2.75) is 57.5 Å². The van der Waals surface area contributed by atoms with E-state index in [2.05, 4.69) is 16.3 Å². The molecule has 4 nitrogen and oxygen atoms in total. The Kier molecular flexibility index (Phi) is 4.04. The number of carbonyl (C=O) groups excluding carboxylic acids is 1.